The lowest BCUT2D eigenvalue weighted by Gasteiger charge is -2.11. The van der Waals surface area contributed by atoms with E-state index in [1.165, 1.54) is 18.5 Å². The van der Waals surface area contributed by atoms with Gasteiger partial charge in [-0.1, -0.05) is 12.1 Å². The normalized spacial score (nSPS) is 12.5. The van der Waals surface area contributed by atoms with Crippen LogP contribution in [0, 0.1) is 6.92 Å². The molecule has 29 heavy (non-hydrogen) atoms. The Hall–Kier alpha value is -3.08. The highest BCUT2D eigenvalue weighted by molar-refractivity contribution is 7.90. The third-order valence-electron chi connectivity index (χ3n) is 3.67. The van der Waals surface area contributed by atoms with Gasteiger partial charge in [-0.25, -0.2) is 22.2 Å². The minimum atomic E-state index is -3.29. The van der Waals surface area contributed by atoms with Crippen LogP contribution in [-0.2, 0) is 16.4 Å². The van der Waals surface area contributed by atoms with E-state index in [1.54, 1.807) is 24.4 Å². The molecule has 2 aromatic rings. The molecular weight excluding hydrogens is 402 g/mol. The van der Waals surface area contributed by atoms with E-state index in [4.69, 9.17) is 5.73 Å². The predicted octanol–water partition coefficient (Wildman–Crippen LogP) is 2.35. The molecule has 2 rings (SSSR count). The third-order valence-corrected chi connectivity index (χ3v) is 4.78. The van der Waals surface area contributed by atoms with E-state index < -0.39 is 22.8 Å². The quantitative estimate of drug-likeness (QED) is 0.528. The van der Waals surface area contributed by atoms with Crippen molar-refractivity contribution in [2.75, 3.05) is 23.4 Å². The average Bonchev–Trinajstić information content (AvgIpc) is 2.66. The van der Waals surface area contributed by atoms with Crippen molar-refractivity contribution in [3.8, 4) is 0 Å². The molecule has 0 aliphatic rings. The van der Waals surface area contributed by atoms with Gasteiger partial charge in [-0.3, -0.25) is 4.99 Å². The second kappa shape index (κ2) is 9.92. The van der Waals surface area contributed by atoms with Gasteiger partial charge in [0.05, 0.1) is 17.1 Å². The number of alkyl halides is 2. The summed E-state index contributed by atoms with van der Waals surface area (Å²) in [4.78, 5) is 12.3. The number of aromatic nitrogens is 2. The molecule has 0 spiro atoms. The molecule has 0 fully saturated rings. The zero-order chi connectivity index (χ0) is 21.4. The summed E-state index contributed by atoms with van der Waals surface area (Å²) in [6, 6.07) is 6.59. The smallest absolute Gasteiger partial charge is 0.257 e. The minimum absolute atomic E-state index is 0.197. The van der Waals surface area contributed by atoms with Crippen LogP contribution in [0.5, 0.6) is 0 Å². The lowest BCUT2D eigenvalue weighted by molar-refractivity contribution is 0.159. The first-order chi connectivity index (χ1) is 13.7. The molecule has 0 atom stereocenters. The van der Waals surface area contributed by atoms with Crippen LogP contribution < -0.4 is 16.4 Å². The second-order valence-corrected chi connectivity index (χ2v) is 8.15. The largest absolute Gasteiger partial charge is 0.403 e. The van der Waals surface area contributed by atoms with Crippen molar-refractivity contribution >= 4 is 27.8 Å². The third kappa shape index (κ3) is 7.11. The Balaban J connectivity index is 2.10. The number of benzene rings is 1. The van der Waals surface area contributed by atoms with Crippen molar-refractivity contribution in [3.63, 3.8) is 0 Å². The number of halogens is 2. The van der Waals surface area contributed by atoms with Gasteiger partial charge in [0.25, 0.3) is 6.43 Å². The van der Waals surface area contributed by atoms with Crippen molar-refractivity contribution in [1.29, 1.82) is 0 Å². The maximum absolute atomic E-state index is 12.2. The van der Waals surface area contributed by atoms with Crippen molar-refractivity contribution in [2.45, 2.75) is 24.8 Å². The monoisotopic (exact) mass is 424 g/mol. The van der Waals surface area contributed by atoms with E-state index in [0.717, 1.165) is 17.4 Å². The van der Waals surface area contributed by atoms with E-state index in [1.807, 2.05) is 6.92 Å². The van der Waals surface area contributed by atoms with Gasteiger partial charge < -0.3 is 16.4 Å². The number of hydrogen-bond donors (Lipinski definition) is 3. The Labute approximate surface area is 167 Å². The number of nitrogens with two attached hydrogens (primary N) is 1. The number of hydrogen-bond acceptors (Lipinski definition) is 8. The average molecular weight is 424 g/mol. The molecule has 0 bridgehead atoms. The summed E-state index contributed by atoms with van der Waals surface area (Å²) < 4.78 is 47.7. The van der Waals surface area contributed by atoms with Gasteiger partial charge in [0.15, 0.2) is 9.84 Å². The molecule has 0 saturated heterocycles. The molecule has 0 aliphatic heterocycles. The lowest BCUT2D eigenvalue weighted by atomic mass is 10.2. The highest BCUT2D eigenvalue weighted by atomic mass is 32.2. The molecule has 1 aromatic heterocycles. The molecule has 11 heteroatoms. The summed E-state index contributed by atoms with van der Waals surface area (Å²) >= 11 is 0. The van der Waals surface area contributed by atoms with Gasteiger partial charge >= 0.3 is 0 Å². The number of aliphatic imine (C=N–C) groups is 1. The lowest BCUT2D eigenvalue weighted by Crippen LogP contribution is -2.10. The van der Waals surface area contributed by atoms with Crippen LogP contribution in [0.15, 0.2) is 52.2 Å². The maximum Gasteiger partial charge on any atom is 0.257 e. The van der Waals surface area contributed by atoms with Crippen LogP contribution in [0.4, 0.5) is 20.5 Å². The number of rotatable bonds is 9. The van der Waals surface area contributed by atoms with Gasteiger partial charge in [0.2, 0.25) is 5.95 Å². The van der Waals surface area contributed by atoms with Crippen molar-refractivity contribution in [2.24, 2.45) is 10.7 Å². The van der Waals surface area contributed by atoms with Crippen LogP contribution in [0.25, 0.3) is 0 Å². The molecule has 1 aromatic carbocycles. The molecule has 0 amide bonds. The first-order valence-corrected chi connectivity index (χ1v) is 10.4. The van der Waals surface area contributed by atoms with E-state index in [9.17, 15) is 17.2 Å². The van der Waals surface area contributed by atoms with Crippen molar-refractivity contribution in [1.82, 2.24) is 9.97 Å². The van der Waals surface area contributed by atoms with Gasteiger partial charge in [0.1, 0.15) is 5.82 Å². The van der Waals surface area contributed by atoms with Crippen molar-refractivity contribution < 1.29 is 17.2 Å². The number of nitrogens with one attached hydrogen (secondary N) is 2. The zero-order valence-corrected chi connectivity index (χ0v) is 16.7. The second-order valence-electron chi connectivity index (χ2n) is 6.13. The van der Waals surface area contributed by atoms with Crippen LogP contribution in [0.3, 0.4) is 0 Å². The number of aryl methyl sites for hydroxylation is 1. The summed E-state index contributed by atoms with van der Waals surface area (Å²) in [6.45, 7) is 1.52. The molecule has 8 nitrogen and oxygen atoms in total. The Bertz CT molecular complexity index is 1010. The molecule has 156 valence electrons. The molecule has 1 heterocycles. The fourth-order valence-corrected chi connectivity index (χ4v) is 2.92. The van der Waals surface area contributed by atoms with Gasteiger partial charge in [-0.2, -0.15) is 4.98 Å². The summed E-state index contributed by atoms with van der Waals surface area (Å²) in [6.07, 6.45) is 2.54. The molecule has 0 radical (unpaired) electrons. The molecule has 0 saturated carbocycles. The first-order valence-electron chi connectivity index (χ1n) is 8.52. The number of allylic oxidation sites excluding steroid dienone is 1. The standard InChI is InChI=1S/C18H22F2N6O2S/c1-12-8-24-18(25-14(7-21)10-22-11-16(19)20)26-17(12)23-9-13-4-3-5-15(6-13)29(2,27)28/h3-8,10,16H,9,11,21H2,1-2H3,(H2,23,24,25,26)/b14-7+,22-10?. The fraction of sp³-hybridized carbons (Fsp3) is 0.278. The van der Waals surface area contributed by atoms with E-state index >= 15 is 0 Å². The number of sulfone groups is 1. The highest BCUT2D eigenvalue weighted by Crippen LogP contribution is 2.16. The Morgan fingerprint density at radius 3 is 2.79 bits per heavy atom. The van der Waals surface area contributed by atoms with Crippen LogP contribution in [0.2, 0.25) is 0 Å². The Kier molecular flexibility index (Phi) is 7.59. The maximum atomic E-state index is 12.2. The van der Waals surface area contributed by atoms with Crippen LogP contribution >= 0.6 is 0 Å². The Morgan fingerprint density at radius 1 is 1.38 bits per heavy atom. The summed E-state index contributed by atoms with van der Waals surface area (Å²) in [5.74, 6) is 0.719. The Morgan fingerprint density at radius 2 is 2.14 bits per heavy atom. The molecule has 0 aliphatic carbocycles. The van der Waals surface area contributed by atoms with Gasteiger partial charge in [0, 0.05) is 37.0 Å². The summed E-state index contributed by atoms with van der Waals surface area (Å²) in [5.41, 5.74) is 7.26. The molecular formula is C18H22F2N6O2S. The van der Waals surface area contributed by atoms with E-state index in [2.05, 4.69) is 25.6 Å². The number of anilines is 2. The fourth-order valence-electron chi connectivity index (χ4n) is 2.23. The molecule has 0 unspecified atom stereocenters. The number of nitrogens with zero attached hydrogens (tertiary/aromatic N) is 3. The van der Waals surface area contributed by atoms with E-state index in [0.29, 0.717) is 12.4 Å². The predicted molar refractivity (Wildman–Crippen MR) is 109 cm³/mol. The first kappa shape index (κ1) is 22.2. The topological polar surface area (TPSA) is 122 Å². The van der Waals surface area contributed by atoms with Crippen molar-refractivity contribution in [3.05, 3.63) is 53.5 Å². The molecule has 4 N–H and O–H groups in total. The zero-order valence-electron chi connectivity index (χ0n) is 15.9. The van der Waals surface area contributed by atoms with E-state index in [-0.39, 0.29) is 16.5 Å². The van der Waals surface area contributed by atoms with Gasteiger partial charge in [-0.15, -0.1) is 0 Å². The van der Waals surface area contributed by atoms with Crippen LogP contribution in [-0.4, -0.2) is 43.8 Å². The minimum Gasteiger partial charge on any atom is -0.403 e. The highest BCUT2D eigenvalue weighted by Gasteiger charge is 2.09. The SMILES string of the molecule is Cc1cnc(N/C(C=NCC(F)F)=C/N)nc1NCc1cccc(S(C)(=O)=O)c1. The summed E-state index contributed by atoms with van der Waals surface area (Å²) in [5, 5.41) is 5.93. The van der Waals surface area contributed by atoms with Gasteiger partial charge in [-0.05, 0) is 24.6 Å². The van der Waals surface area contributed by atoms with Crippen LogP contribution in [0.1, 0.15) is 11.1 Å². The summed E-state index contributed by atoms with van der Waals surface area (Å²) in [7, 11) is -3.29.